The summed E-state index contributed by atoms with van der Waals surface area (Å²) >= 11 is 5.72. The van der Waals surface area contributed by atoms with Crippen molar-refractivity contribution in [3.8, 4) is 5.88 Å². The third-order valence-corrected chi connectivity index (χ3v) is 4.60. The number of anilines is 1. The lowest BCUT2D eigenvalue weighted by Crippen LogP contribution is -2.54. The highest BCUT2D eigenvalue weighted by molar-refractivity contribution is 6.30. The number of carboxylic acid groups (broad SMARTS) is 1. The van der Waals surface area contributed by atoms with Crippen LogP contribution in [0, 0.1) is 11.6 Å². The molecule has 9 heteroatoms. The minimum atomic E-state index is -1.00. The number of nitrogens with zero attached hydrogens (tertiary/aromatic N) is 3. The summed E-state index contributed by atoms with van der Waals surface area (Å²) in [6, 6.07) is 6.54. The van der Waals surface area contributed by atoms with E-state index in [1.54, 1.807) is 17.9 Å². The van der Waals surface area contributed by atoms with Crippen molar-refractivity contribution in [1.29, 1.82) is 0 Å². The zero-order valence-electron chi connectivity index (χ0n) is 14.5. The predicted molar refractivity (Wildman–Crippen MR) is 96.3 cm³/mol. The average Bonchev–Trinajstić information content (AvgIpc) is 2.61. The van der Waals surface area contributed by atoms with Gasteiger partial charge in [-0.05, 0) is 25.1 Å². The summed E-state index contributed by atoms with van der Waals surface area (Å²) in [5.74, 6) is -0.797. The molecule has 1 aromatic heterocycles. The first-order valence-corrected chi connectivity index (χ1v) is 8.70. The van der Waals surface area contributed by atoms with E-state index >= 15 is 0 Å². The number of aromatic nitrogens is 1. The number of carbonyl (C=O) groups is 1. The fourth-order valence-corrected chi connectivity index (χ4v) is 3.10. The fourth-order valence-electron chi connectivity index (χ4n) is 2.94. The summed E-state index contributed by atoms with van der Waals surface area (Å²) in [5.41, 5.74) is 0.302. The fraction of sp³-hybridized carbons (Fsp3) is 0.333. The summed E-state index contributed by atoms with van der Waals surface area (Å²) in [6.45, 7) is 2.55. The molecular weight excluding hydrogens is 380 g/mol. The van der Waals surface area contributed by atoms with Gasteiger partial charge < -0.3 is 19.6 Å². The Balaban J connectivity index is 1.72. The number of piperazine rings is 1. The topological polar surface area (TPSA) is 65.9 Å². The van der Waals surface area contributed by atoms with E-state index in [-0.39, 0.29) is 35.9 Å². The van der Waals surface area contributed by atoms with E-state index in [4.69, 9.17) is 21.4 Å². The van der Waals surface area contributed by atoms with Crippen molar-refractivity contribution < 1.29 is 23.4 Å². The maximum absolute atomic E-state index is 14.2. The second kappa shape index (κ2) is 7.96. The molecule has 0 spiro atoms. The minimum absolute atomic E-state index is 0.0791. The molecular formula is C18H18ClF2N3O3. The molecule has 144 valence electrons. The zero-order chi connectivity index (χ0) is 19.6. The van der Waals surface area contributed by atoms with Gasteiger partial charge in [0.2, 0.25) is 5.88 Å². The van der Waals surface area contributed by atoms with Gasteiger partial charge >= 0.3 is 6.09 Å². The maximum atomic E-state index is 14.2. The zero-order valence-corrected chi connectivity index (χ0v) is 15.3. The molecule has 1 unspecified atom stereocenters. The van der Waals surface area contributed by atoms with E-state index in [0.29, 0.717) is 18.7 Å². The highest BCUT2D eigenvalue weighted by Gasteiger charge is 2.29. The van der Waals surface area contributed by atoms with Crippen LogP contribution >= 0.6 is 11.6 Å². The molecule has 2 aromatic rings. The Morgan fingerprint density at radius 2 is 2.07 bits per heavy atom. The van der Waals surface area contributed by atoms with Crippen LogP contribution in [0.2, 0.25) is 5.02 Å². The standard InChI is InChI=1S/C18H18ClF2N3O3/c1-11-9-23(6-7-24(11)18(25)26)17-14(20)4-5-16(22-17)27-10-12-2-3-13(19)8-15(12)21/h2-5,8,11H,6-7,9-10H2,1H3,(H,25,26). The van der Waals surface area contributed by atoms with E-state index in [2.05, 4.69) is 4.98 Å². The monoisotopic (exact) mass is 397 g/mol. The van der Waals surface area contributed by atoms with Gasteiger partial charge in [-0.25, -0.2) is 13.6 Å². The van der Waals surface area contributed by atoms with E-state index in [1.165, 1.54) is 29.2 Å². The molecule has 0 radical (unpaired) electrons. The van der Waals surface area contributed by atoms with E-state index in [0.717, 1.165) is 0 Å². The molecule has 1 atom stereocenters. The second-order valence-corrected chi connectivity index (χ2v) is 6.69. The number of amides is 1. The molecule has 0 bridgehead atoms. The van der Waals surface area contributed by atoms with Crippen LogP contribution in [0.5, 0.6) is 5.88 Å². The number of hydrogen-bond acceptors (Lipinski definition) is 4. The molecule has 1 saturated heterocycles. The molecule has 27 heavy (non-hydrogen) atoms. The molecule has 0 saturated carbocycles. The Bertz CT molecular complexity index is 853. The number of rotatable bonds is 4. The predicted octanol–water partition coefficient (Wildman–Crippen LogP) is 3.78. The Hall–Kier alpha value is -2.61. The minimum Gasteiger partial charge on any atom is -0.473 e. The maximum Gasteiger partial charge on any atom is 0.407 e. The molecule has 2 heterocycles. The lowest BCUT2D eigenvalue weighted by molar-refractivity contribution is 0.122. The third-order valence-electron chi connectivity index (χ3n) is 4.37. The summed E-state index contributed by atoms with van der Waals surface area (Å²) in [4.78, 5) is 18.3. The Morgan fingerprint density at radius 3 is 2.74 bits per heavy atom. The van der Waals surface area contributed by atoms with Crippen molar-refractivity contribution in [3.05, 3.63) is 52.6 Å². The first-order chi connectivity index (χ1) is 12.8. The van der Waals surface area contributed by atoms with Crippen molar-refractivity contribution in [2.24, 2.45) is 0 Å². The van der Waals surface area contributed by atoms with Gasteiger partial charge in [-0.2, -0.15) is 4.98 Å². The van der Waals surface area contributed by atoms with Crippen LogP contribution in [0.3, 0.4) is 0 Å². The molecule has 1 aliphatic rings. The van der Waals surface area contributed by atoms with Crippen LogP contribution in [0.25, 0.3) is 0 Å². The first-order valence-electron chi connectivity index (χ1n) is 8.33. The Kier molecular flexibility index (Phi) is 5.65. The first kappa shape index (κ1) is 19.2. The number of hydrogen-bond donors (Lipinski definition) is 1. The van der Waals surface area contributed by atoms with Crippen molar-refractivity contribution in [2.75, 3.05) is 24.5 Å². The van der Waals surface area contributed by atoms with Crippen molar-refractivity contribution in [2.45, 2.75) is 19.6 Å². The quantitative estimate of drug-likeness (QED) is 0.850. The van der Waals surface area contributed by atoms with Gasteiger partial charge in [-0.15, -0.1) is 0 Å². The van der Waals surface area contributed by atoms with E-state index in [1.807, 2.05) is 0 Å². The van der Waals surface area contributed by atoms with Crippen molar-refractivity contribution in [3.63, 3.8) is 0 Å². The highest BCUT2D eigenvalue weighted by Crippen LogP contribution is 2.24. The molecule has 3 rings (SSSR count). The average molecular weight is 398 g/mol. The van der Waals surface area contributed by atoms with Crippen molar-refractivity contribution >= 4 is 23.5 Å². The van der Waals surface area contributed by atoms with Crippen molar-refractivity contribution in [1.82, 2.24) is 9.88 Å². The van der Waals surface area contributed by atoms with Crippen LogP contribution in [0.1, 0.15) is 12.5 Å². The van der Waals surface area contributed by atoms with Gasteiger partial charge in [0.15, 0.2) is 11.6 Å². The lowest BCUT2D eigenvalue weighted by atomic mass is 10.2. The van der Waals surface area contributed by atoms with Gasteiger partial charge in [0, 0.05) is 42.3 Å². The van der Waals surface area contributed by atoms with Crippen LogP contribution in [-0.4, -0.2) is 46.8 Å². The van der Waals surface area contributed by atoms with Crippen LogP contribution in [0.15, 0.2) is 30.3 Å². The van der Waals surface area contributed by atoms with Gasteiger partial charge in [-0.3, -0.25) is 0 Å². The van der Waals surface area contributed by atoms with Crippen LogP contribution in [0.4, 0.5) is 19.4 Å². The lowest BCUT2D eigenvalue weighted by Gasteiger charge is -2.38. The summed E-state index contributed by atoms with van der Waals surface area (Å²) in [5, 5.41) is 9.43. The second-order valence-electron chi connectivity index (χ2n) is 6.25. The molecule has 6 nitrogen and oxygen atoms in total. The molecule has 0 aliphatic carbocycles. The van der Waals surface area contributed by atoms with Crippen LogP contribution in [-0.2, 0) is 6.61 Å². The molecule has 1 amide bonds. The highest BCUT2D eigenvalue weighted by atomic mass is 35.5. The SMILES string of the molecule is CC1CN(c2nc(OCc3ccc(Cl)cc3F)ccc2F)CCN1C(=O)O. The number of pyridine rings is 1. The largest absolute Gasteiger partial charge is 0.473 e. The van der Waals surface area contributed by atoms with Gasteiger partial charge in [-0.1, -0.05) is 17.7 Å². The smallest absolute Gasteiger partial charge is 0.407 e. The molecule has 1 aromatic carbocycles. The van der Waals surface area contributed by atoms with Gasteiger partial charge in [0.25, 0.3) is 0 Å². The molecule has 1 fully saturated rings. The summed E-state index contributed by atoms with van der Waals surface area (Å²) in [7, 11) is 0. The van der Waals surface area contributed by atoms with E-state index in [9.17, 15) is 13.6 Å². The summed E-state index contributed by atoms with van der Waals surface area (Å²) < 4.78 is 33.6. The van der Waals surface area contributed by atoms with Crippen LogP contribution < -0.4 is 9.64 Å². The Morgan fingerprint density at radius 1 is 1.30 bits per heavy atom. The molecule has 1 aliphatic heterocycles. The summed E-state index contributed by atoms with van der Waals surface area (Å²) in [6.07, 6.45) is -1.00. The third kappa shape index (κ3) is 4.39. The van der Waals surface area contributed by atoms with E-state index < -0.39 is 17.7 Å². The number of halogens is 3. The normalized spacial score (nSPS) is 17.1. The van der Waals surface area contributed by atoms with Gasteiger partial charge in [0.1, 0.15) is 12.4 Å². The number of ether oxygens (including phenoxy) is 1. The van der Waals surface area contributed by atoms with Gasteiger partial charge in [0.05, 0.1) is 0 Å². The molecule has 1 N–H and O–H groups in total. The Labute approximate surface area is 159 Å². The number of benzene rings is 1.